The van der Waals surface area contributed by atoms with E-state index in [9.17, 15) is 4.79 Å². The van der Waals surface area contributed by atoms with E-state index in [-0.39, 0.29) is 24.3 Å². The van der Waals surface area contributed by atoms with Crippen molar-refractivity contribution in [3.8, 4) is 11.4 Å². The predicted octanol–water partition coefficient (Wildman–Crippen LogP) is 1.74. The molecule has 3 aromatic rings. The maximum Gasteiger partial charge on any atom is 0.246 e. The topological polar surface area (TPSA) is 97.9 Å². The van der Waals surface area contributed by atoms with Crippen molar-refractivity contribution >= 4 is 17.5 Å². The molecule has 1 amide bonds. The lowest BCUT2D eigenvalue weighted by atomic mass is 9.90. The summed E-state index contributed by atoms with van der Waals surface area (Å²) in [7, 11) is 1.87. The van der Waals surface area contributed by atoms with Gasteiger partial charge in [0.05, 0.1) is 18.7 Å². The number of amides is 1. The van der Waals surface area contributed by atoms with E-state index < -0.39 is 0 Å². The second kappa shape index (κ2) is 7.50. The largest absolute Gasteiger partial charge is 0.347 e. The Kier molecular flexibility index (Phi) is 4.91. The molecule has 4 rings (SSSR count). The SMILES string of the molecule is Cn1cc([C@H]2CNC[C@@H]2C(=O)NCc2nc(-c3ccc(Cl)cc3)no2)cn1. The standard InChI is InChI=1S/C18H19ClN6O2/c1-25-10-12(6-22-25)14-7-20-8-15(14)18(26)21-9-16-23-17(24-27-16)11-2-4-13(19)5-3-11/h2-6,10,14-15,20H,7-9H2,1H3,(H,21,26)/t14-,15+/m1/s1. The van der Waals surface area contributed by atoms with E-state index in [4.69, 9.17) is 16.1 Å². The molecule has 1 aromatic carbocycles. The Morgan fingerprint density at radius 3 is 2.93 bits per heavy atom. The zero-order valence-electron chi connectivity index (χ0n) is 14.7. The van der Waals surface area contributed by atoms with Crippen molar-refractivity contribution < 1.29 is 9.32 Å². The van der Waals surface area contributed by atoms with Gasteiger partial charge in [-0.15, -0.1) is 0 Å². The smallest absolute Gasteiger partial charge is 0.246 e. The van der Waals surface area contributed by atoms with Gasteiger partial charge in [-0.05, 0) is 29.8 Å². The van der Waals surface area contributed by atoms with Gasteiger partial charge in [0.1, 0.15) is 0 Å². The molecule has 0 bridgehead atoms. The van der Waals surface area contributed by atoms with Gasteiger partial charge in [-0.25, -0.2) is 0 Å². The van der Waals surface area contributed by atoms with Gasteiger partial charge in [0, 0.05) is 42.8 Å². The van der Waals surface area contributed by atoms with Gasteiger partial charge >= 0.3 is 0 Å². The third kappa shape index (κ3) is 3.86. The third-order valence-corrected chi connectivity index (χ3v) is 4.94. The minimum absolute atomic E-state index is 0.0416. The average Bonchev–Trinajstić information content (AvgIpc) is 3.40. The van der Waals surface area contributed by atoms with Crippen molar-refractivity contribution in [2.45, 2.75) is 12.5 Å². The number of nitrogens with zero attached hydrogens (tertiary/aromatic N) is 4. The van der Waals surface area contributed by atoms with Crippen LogP contribution in [0.3, 0.4) is 0 Å². The Morgan fingerprint density at radius 1 is 1.37 bits per heavy atom. The first kappa shape index (κ1) is 17.7. The van der Waals surface area contributed by atoms with Crippen LogP contribution in [-0.2, 0) is 18.4 Å². The lowest BCUT2D eigenvalue weighted by molar-refractivity contribution is -0.125. The molecule has 0 unspecified atom stereocenters. The summed E-state index contributed by atoms with van der Waals surface area (Å²) in [5.41, 5.74) is 1.86. The highest BCUT2D eigenvalue weighted by molar-refractivity contribution is 6.30. The fraction of sp³-hybridized carbons (Fsp3) is 0.333. The highest BCUT2D eigenvalue weighted by Gasteiger charge is 2.34. The number of aromatic nitrogens is 4. The molecule has 1 fully saturated rings. The number of aryl methyl sites for hydroxylation is 1. The second-order valence-electron chi connectivity index (χ2n) is 6.55. The van der Waals surface area contributed by atoms with Gasteiger partial charge in [0.15, 0.2) is 0 Å². The van der Waals surface area contributed by atoms with Crippen LogP contribution in [0.4, 0.5) is 0 Å². The molecular weight excluding hydrogens is 368 g/mol. The molecule has 2 atom stereocenters. The summed E-state index contributed by atoms with van der Waals surface area (Å²) >= 11 is 5.89. The first-order chi connectivity index (χ1) is 13.1. The lowest BCUT2D eigenvalue weighted by Crippen LogP contribution is -2.34. The van der Waals surface area contributed by atoms with Gasteiger partial charge in [-0.1, -0.05) is 16.8 Å². The monoisotopic (exact) mass is 386 g/mol. The molecule has 1 saturated heterocycles. The summed E-state index contributed by atoms with van der Waals surface area (Å²) in [4.78, 5) is 17.0. The lowest BCUT2D eigenvalue weighted by Gasteiger charge is -2.16. The number of carbonyl (C=O) groups excluding carboxylic acids is 1. The summed E-state index contributed by atoms with van der Waals surface area (Å²) in [6.45, 7) is 1.58. The average molecular weight is 387 g/mol. The van der Waals surface area contributed by atoms with Crippen LogP contribution in [0.1, 0.15) is 17.4 Å². The summed E-state index contributed by atoms with van der Waals surface area (Å²) in [5, 5.41) is 15.0. The van der Waals surface area contributed by atoms with Gasteiger partial charge in [0.25, 0.3) is 0 Å². The number of hydrogen-bond acceptors (Lipinski definition) is 6. The maximum absolute atomic E-state index is 12.6. The van der Waals surface area contributed by atoms with Crippen LogP contribution >= 0.6 is 11.6 Å². The Bertz CT molecular complexity index is 935. The minimum atomic E-state index is -0.159. The number of carbonyl (C=O) groups is 1. The van der Waals surface area contributed by atoms with Gasteiger partial charge in [-0.3, -0.25) is 9.48 Å². The van der Waals surface area contributed by atoms with Crippen LogP contribution < -0.4 is 10.6 Å². The molecule has 2 aromatic heterocycles. The molecule has 2 N–H and O–H groups in total. The van der Waals surface area contributed by atoms with E-state index in [0.717, 1.165) is 17.7 Å². The molecule has 0 radical (unpaired) electrons. The van der Waals surface area contributed by atoms with Gasteiger partial charge < -0.3 is 15.2 Å². The molecule has 9 heteroatoms. The first-order valence-corrected chi connectivity index (χ1v) is 9.03. The predicted molar refractivity (Wildman–Crippen MR) is 98.9 cm³/mol. The van der Waals surface area contributed by atoms with Crippen molar-refractivity contribution in [2.75, 3.05) is 13.1 Å². The van der Waals surface area contributed by atoms with Gasteiger partial charge in [0.2, 0.25) is 17.6 Å². The number of benzene rings is 1. The zero-order valence-corrected chi connectivity index (χ0v) is 15.5. The molecule has 3 heterocycles. The van der Waals surface area contributed by atoms with E-state index in [1.165, 1.54) is 0 Å². The van der Waals surface area contributed by atoms with Crippen LogP contribution in [0.25, 0.3) is 11.4 Å². The van der Waals surface area contributed by atoms with Crippen molar-refractivity contribution in [3.63, 3.8) is 0 Å². The third-order valence-electron chi connectivity index (χ3n) is 4.69. The van der Waals surface area contributed by atoms with Crippen LogP contribution in [-0.4, -0.2) is 38.9 Å². The van der Waals surface area contributed by atoms with E-state index >= 15 is 0 Å². The van der Waals surface area contributed by atoms with E-state index in [2.05, 4.69) is 25.9 Å². The molecule has 1 aliphatic heterocycles. The molecular formula is C18H19ClN6O2. The fourth-order valence-electron chi connectivity index (χ4n) is 3.27. The van der Waals surface area contributed by atoms with Crippen molar-refractivity contribution in [1.82, 2.24) is 30.6 Å². The summed E-state index contributed by atoms with van der Waals surface area (Å²) in [6.07, 6.45) is 3.77. The molecule has 8 nitrogen and oxygen atoms in total. The normalized spacial score (nSPS) is 19.3. The number of nitrogens with one attached hydrogen (secondary N) is 2. The molecule has 27 heavy (non-hydrogen) atoms. The van der Waals surface area contributed by atoms with Crippen LogP contribution in [0.2, 0.25) is 5.02 Å². The van der Waals surface area contributed by atoms with Crippen molar-refractivity contribution in [1.29, 1.82) is 0 Å². The van der Waals surface area contributed by atoms with Crippen LogP contribution in [0.15, 0.2) is 41.2 Å². The number of hydrogen-bond donors (Lipinski definition) is 2. The Labute approximate surface area is 160 Å². The van der Waals surface area contributed by atoms with E-state index in [1.807, 2.05) is 31.6 Å². The van der Waals surface area contributed by atoms with Crippen LogP contribution in [0.5, 0.6) is 0 Å². The zero-order chi connectivity index (χ0) is 18.8. The summed E-state index contributed by atoms with van der Waals surface area (Å²) < 4.78 is 6.99. The highest BCUT2D eigenvalue weighted by atomic mass is 35.5. The quantitative estimate of drug-likeness (QED) is 0.693. The highest BCUT2D eigenvalue weighted by Crippen LogP contribution is 2.28. The Morgan fingerprint density at radius 2 is 2.19 bits per heavy atom. The number of halogens is 1. The van der Waals surface area contributed by atoms with Gasteiger partial charge in [-0.2, -0.15) is 10.1 Å². The molecule has 0 aliphatic carbocycles. The Balaban J connectivity index is 1.38. The van der Waals surface area contributed by atoms with E-state index in [1.54, 1.807) is 16.8 Å². The minimum Gasteiger partial charge on any atom is -0.347 e. The molecule has 0 saturated carbocycles. The van der Waals surface area contributed by atoms with Crippen molar-refractivity contribution in [3.05, 3.63) is 53.1 Å². The summed E-state index contributed by atoms with van der Waals surface area (Å²) in [5.74, 6) is 0.725. The fourth-order valence-corrected chi connectivity index (χ4v) is 3.40. The first-order valence-electron chi connectivity index (χ1n) is 8.65. The van der Waals surface area contributed by atoms with E-state index in [0.29, 0.717) is 23.3 Å². The maximum atomic E-state index is 12.6. The molecule has 0 spiro atoms. The second-order valence-corrected chi connectivity index (χ2v) is 6.99. The summed E-state index contributed by atoms with van der Waals surface area (Å²) in [6, 6.07) is 7.16. The van der Waals surface area contributed by atoms with Crippen molar-refractivity contribution in [2.24, 2.45) is 13.0 Å². The number of rotatable bonds is 5. The Hall–Kier alpha value is -2.71. The molecule has 1 aliphatic rings. The molecule has 140 valence electrons. The van der Waals surface area contributed by atoms with Crippen LogP contribution in [0, 0.1) is 5.92 Å².